The van der Waals surface area contributed by atoms with Crippen molar-refractivity contribution in [3.8, 4) is 0 Å². The molecule has 0 aromatic carbocycles. The lowest BCUT2D eigenvalue weighted by atomic mass is 10.0. The van der Waals surface area contributed by atoms with Gasteiger partial charge in [0.2, 0.25) is 0 Å². The molecule has 0 amide bonds. The number of alkyl halides is 1. The van der Waals surface area contributed by atoms with Gasteiger partial charge in [-0.05, 0) is 42.3 Å². The molecule has 2 aliphatic carbocycles. The Balaban J connectivity index is 1.76. The van der Waals surface area contributed by atoms with Gasteiger partial charge in [-0.3, -0.25) is 4.39 Å². The highest BCUT2D eigenvalue weighted by Crippen LogP contribution is 2.60. The van der Waals surface area contributed by atoms with Gasteiger partial charge >= 0.3 is 0 Å². The minimum absolute atomic E-state index is 0.0727. The smallest absolute Gasteiger partial charge is 0.0961 e. The second-order valence-corrected chi connectivity index (χ2v) is 7.99. The largest absolute Gasteiger partial charge is 0.250 e. The number of rotatable bonds is 6. The van der Waals surface area contributed by atoms with Crippen molar-refractivity contribution in [2.45, 2.75) is 52.2 Å². The van der Waals surface area contributed by atoms with Crippen LogP contribution in [0.25, 0.3) is 0 Å². The van der Waals surface area contributed by atoms with Crippen molar-refractivity contribution in [2.24, 2.45) is 22.7 Å². The van der Waals surface area contributed by atoms with E-state index in [0.29, 0.717) is 10.7 Å². The van der Waals surface area contributed by atoms with Gasteiger partial charge in [0.15, 0.2) is 0 Å². The molecule has 3 unspecified atom stereocenters. The second kappa shape index (κ2) is 4.19. The van der Waals surface area contributed by atoms with Crippen LogP contribution in [-0.2, 0) is 0 Å². The van der Waals surface area contributed by atoms with Crippen molar-refractivity contribution in [3.63, 3.8) is 0 Å². The molecular weight excluding hydrogens is 219 g/mol. The highest BCUT2D eigenvalue weighted by atomic mass is 32.2. The maximum atomic E-state index is 12.9. The third-order valence-corrected chi connectivity index (χ3v) is 6.74. The molecular formula is C14H25FS. The first kappa shape index (κ1) is 12.7. The lowest BCUT2D eigenvalue weighted by Crippen LogP contribution is -2.19. The molecule has 2 saturated carbocycles. The van der Waals surface area contributed by atoms with Crippen LogP contribution in [0.2, 0.25) is 0 Å². The summed E-state index contributed by atoms with van der Waals surface area (Å²) in [4.78, 5) is 0. The molecule has 0 spiro atoms. The summed E-state index contributed by atoms with van der Waals surface area (Å²) in [5.41, 5.74) is 0.628. The Hall–Kier alpha value is 0.280. The molecule has 2 heteroatoms. The molecule has 0 saturated heterocycles. The first-order chi connectivity index (χ1) is 7.43. The fourth-order valence-corrected chi connectivity index (χ4v) is 4.57. The topological polar surface area (TPSA) is 0 Å². The van der Waals surface area contributed by atoms with E-state index in [1.54, 1.807) is 0 Å². The lowest BCUT2D eigenvalue weighted by molar-refractivity contribution is 0.340. The van der Waals surface area contributed by atoms with E-state index in [9.17, 15) is 4.39 Å². The van der Waals surface area contributed by atoms with Gasteiger partial charge in [0.1, 0.15) is 0 Å². The van der Waals surface area contributed by atoms with E-state index in [4.69, 9.17) is 0 Å². The number of halogens is 1. The van der Waals surface area contributed by atoms with Gasteiger partial charge in [0, 0.05) is 10.7 Å². The highest BCUT2D eigenvalue weighted by Gasteiger charge is 2.53. The van der Waals surface area contributed by atoms with Crippen LogP contribution in [0.5, 0.6) is 0 Å². The molecule has 0 heterocycles. The fraction of sp³-hybridized carbons (Fsp3) is 1.00. The predicted octanol–water partition coefficient (Wildman–Crippen LogP) is 4.54. The van der Waals surface area contributed by atoms with Crippen LogP contribution in [0.1, 0.15) is 47.0 Å². The van der Waals surface area contributed by atoms with E-state index in [0.717, 1.165) is 24.7 Å². The minimum Gasteiger partial charge on any atom is -0.250 e. The highest BCUT2D eigenvalue weighted by molar-refractivity contribution is 7.99. The Kier molecular flexibility index (Phi) is 3.33. The summed E-state index contributed by atoms with van der Waals surface area (Å²) in [5.74, 6) is 2.96. The van der Waals surface area contributed by atoms with Gasteiger partial charge in [-0.2, -0.15) is 11.8 Å². The second-order valence-electron chi connectivity index (χ2n) is 6.66. The maximum Gasteiger partial charge on any atom is 0.0961 e. The van der Waals surface area contributed by atoms with E-state index < -0.39 is 0 Å². The summed E-state index contributed by atoms with van der Waals surface area (Å²) in [5, 5.41) is 0.516. The summed E-state index contributed by atoms with van der Waals surface area (Å²) in [6.45, 7) is 9.19. The van der Waals surface area contributed by atoms with Crippen molar-refractivity contribution in [2.75, 3.05) is 12.4 Å². The van der Waals surface area contributed by atoms with Crippen molar-refractivity contribution in [3.05, 3.63) is 0 Å². The average molecular weight is 244 g/mol. The van der Waals surface area contributed by atoms with Gasteiger partial charge in [0.05, 0.1) is 6.67 Å². The van der Waals surface area contributed by atoms with Crippen molar-refractivity contribution in [1.29, 1.82) is 0 Å². The van der Waals surface area contributed by atoms with Crippen molar-refractivity contribution < 1.29 is 4.39 Å². The average Bonchev–Trinajstić information content (AvgIpc) is 3.10. The summed E-state index contributed by atoms with van der Waals surface area (Å²) in [7, 11) is 0. The first-order valence-corrected chi connectivity index (χ1v) is 7.66. The summed E-state index contributed by atoms with van der Waals surface area (Å²) < 4.78 is 12.9. The molecule has 2 rings (SSSR count). The zero-order valence-electron chi connectivity index (χ0n) is 11.1. The molecule has 0 nitrogen and oxygen atoms in total. The zero-order chi connectivity index (χ0) is 12.0. The molecule has 2 fully saturated rings. The third-order valence-electron chi connectivity index (χ3n) is 4.91. The van der Waals surface area contributed by atoms with Crippen LogP contribution in [0.3, 0.4) is 0 Å². The zero-order valence-corrected chi connectivity index (χ0v) is 11.9. The molecule has 0 bridgehead atoms. The SMILES string of the molecule is CC(C)C1CC1(C)CSC(C)C1(CF)CC1. The van der Waals surface area contributed by atoms with Gasteiger partial charge in [0.25, 0.3) is 0 Å². The van der Waals surface area contributed by atoms with E-state index in [2.05, 4.69) is 27.7 Å². The molecule has 3 atom stereocenters. The lowest BCUT2D eigenvalue weighted by Gasteiger charge is -2.22. The summed E-state index contributed by atoms with van der Waals surface area (Å²) >= 11 is 2.02. The number of hydrogen-bond acceptors (Lipinski definition) is 1. The Bertz CT molecular complexity index is 259. The fourth-order valence-electron chi connectivity index (χ4n) is 2.95. The summed E-state index contributed by atoms with van der Waals surface area (Å²) in [6, 6.07) is 0. The van der Waals surface area contributed by atoms with Crippen LogP contribution in [-0.4, -0.2) is 17.7 Å². The molecule has 0 aliphatic heterocycles. The molecule has 0 aromatic rings. The predicted molar refractivity (Wildman–Crippen MR) is 70.6 cm³/mol. The normalized spacial score (nSPS) is 37.5. The van der Waals surface area contributed by atoms with Gasteiger partial charge < -0.3 is 0 Å². The Morgan fingerprint density at radius 1 is 1.31 bits per heavy atom. The molecule has 94 valence electrons. The molecule has 16 heavy (non-hydrogen) atoms. The number of hydrogen-bond donors (Lipinski definition) is 0. The monoisotopic (exact) mass is 244 g/mol. The number of thioether (sulfide) groups is 1. The first-order valence-electron chi connectivity index (χ1n) is 6.61. The van der Waals surface area contributed by atoms with Gasteiger partial charge in [-0.15, -0.1) is 0 Å². The third kappa shape index (κ3) is 2.27. The Labute approximate surface area is 104 Å². The quantitative estimate of drug-likeness (QED) is 0.661. The maximum absolute atomic E-state index is 12.9. The van der Waals surface area contributed by atoms with Crippen LogP contribution in [0, 0.1) is 22.7 Å². The van der Waals surface area contributed by atoms with Gasteiger partial charge in [-0.1, -0.05) is 27.7 Å². The molecule has 0 aromatic heterocycles. The molecule has 0 radical (unpaired) electrons. The van der Waals surface area contributed by atoms with E-state index in [1.807, 2.05) is 11.8 Å². The van der Waals surface area contributed by atoms with Crippen LogP contribution in [0.15, 0.2) is 0 Å². The van der Waals surface area contributed by atoms with Crippen LogP contribution < -0.4 is 0 Å². The van der Waals surface area contributed by atoms with Crippen molar-refractivity contribution >= 4 is 11.8 Å². The van der Waals surface area contributed by atoms with E-state index >= 15 is 0 Å². The van der Waals surface area contributed by atoms with Crippen LogP contribution in [0.4, 0.5) is 4.39 Å². The Morgan fingerprint density at radius 3 is 2.31 bits per heavy atom. The Morgan fingerprint density at radius 2 is 1.94 bits per heavy atom. The standard InChI is InChI=1S/C14H25FS/c1-10(2)12-7-13(12,4)9-16-11(3)14(8-15)5-6-14/h10-12H,5-9H2,1-4H3. The van der Waals surface area contributed by atoms with E-state index in [1.165, 1.54) is 12.2 Å². The van der Waals surface area contributed by atoms with Crippen LogP contribution >= 0.6 is 11.8 Å². The van der Waals surface area contributed by atoms with E-state index in [-0.39, 0.29) is 12.1 Å². The van der Waals surface area contributed by atoms with Crippen molar-refractivity contribution in [1.82, 2.24) is 0 Å². The van der Waals surface area contributed by atoms with Gasteiger partial charge in [-0.25, -0.2) is 0 Å². The summed E-state index contributed by atoms with van der Waals surface area (Å²) in [6.07, 6.45) is 3.61. The molecule has 0 N–H and O–H groups in total. The molecule has 2 aliphatic rings. The minimum atomic E-state index is -0.106.